The van der Waals surface area contributed by atoms with E-state index in [0.717, 1.165) is 49.7 Å². The van der Waals surface area contributed by atoms with E-state index < -0.39 is 0 Å². The van der Waals surface area contributed by atoms with Crippen molar-refractivity contribution in [2.75, 3.05) is 0 Å². The van der Waals surface area contributed by atoms with Gasteiger partial charge in [0.1, 0.15) is 0 Å². The van der Waals surface area contributed by atoms with Gasteiger partial charge >= 0.3 is 0 Å². The molecule has 2 heteroatoms. The zero-order valence-electron chi connectivity index (χ0n) is 14.3. The fourth-order valence-electron chi connectivity index (χ4n) is 4.45. The van der Waals surface area contributed by atoms with E-state index in [9.17, 15) is 9.90 Å². The third kappa shape index (κ3) is 2.86. The summed E-state index contributed by atoms with van der Waals surface area (Å²) in [5, 5.41) is 10.8. The van der Waals surface area contributed by atoms with Gasteiger partial charge in [0, 0.05) is 5.41 Å². The van der Waals surface area contributed by atoms with Crippen LogP contribution < -0.4 is 0 Å². The minimum absolute atomic E-state index is 0.0626. The molecule has 22 heavy (non-hydrogen) atoms. The molecule has 0 aliphatic heterocycles. The molecule has 0 aromatic rings. The summed E-state index contributed by atoms with van der Waals surface area (Å²) in [6.45, 7) is 10.4. The molecular formula is C20H30O2. The van der Waals surface area contributed by atoms with Crippen molar-refractivity contribution in [2.45, 2.75) is 65.4 Å². The maximum atomic E-state index is 12.6. The minimum atomic E-state index is -0.376. The number of aliphatic hydroxyl groups is 1. The number of rotatable bonds is 5. The number of hydrogen-bond acceptors (Lipinski definition) is 2. The molecule has 0 spiro atoms. The molecule has 0 amide bonds. The van der Waals surface area contributed by atoms with E-state index in [1.54, 1.807) is 0 Å². The molecule has 1 unspecified atom stereocenters. The first kappa shape index (κ1) is 17.2. The van der Waals surface area contributed by atoms with Crippen molar-refractivity contribution in [3.05, 3.63) is 36.0 Å². The lowest BCUT2D eigenvalue weighted by molar-refractivity contribution is -0.114. The lowest BCUT2D eigenvalue weighted by Gasteiger charge is -2.50. The fraction of sp³-hybridized carbons (Fsp3) is 0.650. The normalized spacial score (nSPS) is 35.0. The molecule has 0 bridgehead atoms. The van der Waals surface area contributed by atoms with E-state index in [4.69, 9.17) is 0 Å². The standard InChI is InChI=1S/C20H30O2/c1-5-8-14(3)12-17-15(4)20(11-6-2)16(13-18(17)21)9-7-10-19(20)22/h6,12-15,19,22H,2,5,7-11H2,1,3-4H3/t14?,15-,19-,20-/m0/s1. The molecule has 0 aromatic carbocycles. The highest BCUT2D eigenvalue weighted by atomic mass is 16.3. The predicted molar refractivity (Wildman–Crippen MR) is 91.5 cm³/mol. The van der Waals surface area contributed by atoms with Crippen LogP contribution in [0.3, 0.4) is 0 Å². The van der Waals surface area contributed by atoms with Gasteiger partial charge in [0.15, 0.2) is 5.78 Å². The first-order valence-electron chi connectivity index (χ1n) is 8.73. The Balaban J connectivity index is 2.47. The molecule has 2 aliphatic rings. The van der Waals surface area contributed by atoms with Crippen LogP contribution in [-0.4, -0.2) is 17.0 Å². The second-order valence-electron chi connectivity index (χ2n) is 7.08. The van der Waals surface area contributed by atoms with Crippen LogP contribution in [0.25, 0.3) is 0 Å². The summed E-state index contributed by atoms with van der Waals surface area (Å²) in [5.74, 6) is 0.620. The number of carbonyl (C=O) groups excluding carboxylic acids is 1. The molecule has 4 atom stereocenters. The topological polar surface area (TPSA) is 37.3 Å². The SMILES string of the molecule is C=CC[C@@]12C(=CC(=O)C(=CC(C)CCC)[C@@H]1C)CCC[C@@H]2O. The molecule has 2 aliphatic carbocycles. The van der Waals surface area contributed by atoms with Gasteiger partial charge in [0.05, 0.1) is 6.10 Å². The van der Waals surface area contributed by atoms with Gasteiger partial charge in [0.25, 0.3) is 0 Å². The lowest BCUT2D eigenvalue weighted by Crippen LogP contribution is -2.48. The highest BCUT2D eigenvalue weighted by Crippen LogP contribution is 2.54. The first-order chi connectivity index (χ1) is 10.5. The van der Waals surface area contributed by atoms with E-state index >= 15 is 0 Å². The number of ketones is 1. The van der Waals surface area contributed by atoms with Crippen molar-refractivity contribution in [1.29, 1.82) is 0 Å². The van der Waals surface area contributed by atoms with Crippen LogP contribution in [0.15, 0.2) is 36.0 Å². The van der Waals surface area contributed by atoms with Crippen molar-refractivity contribution in [1.82, 2.24) is 0 Å². The van der Waals surface area contributed by atoms with E-state index in [1.165, 1.54) is 0 Å². The maximum absolute atomic E-state index is 12.6. The molecule has 1 saturated carbocycles. The molecule has 0 heterocycles. The summed E-state index contributed by atoms with van der Waals surface area (Å²) in [6, 6.07) is 0. The summed E-state index contributed by atoms with van der Waals surface area (Å²) in [5.41, 5.74) is 1.72. The first-order valence-corrected chi connectivity index (χ1v) is 8.73. The van der Waals surface area contributed by atoms with Crippen molar-refractivity contribution in [2.24, 2.45) is 17.3 Å². The number of allylic oxidation sites excluding steroid dienone is 4. The Kier molecular flexibility index (Phi) is 5.44. The summed E-state index contributed by atoms with van der Waals surface area (Å²) in [7, 11) is 0. The molecule has 1 N–H and O–H groups in total. The Bertz CT molecular complexity index is 500. The molecular weight excluding hydrogens is 272 g/mol. The van der Waals surface area contributed by atoms with Gasteiger partial charge in [-0.3, -0.25) is 4.79 Å². The summed E-state index contributed by atoms with van der Waals surface area (Å²) in [4.78, 5) is 12.6. The van der Waals surface area contributed by atoms with Gasteiger partial charge in [-0.05, 0) is 55.6 Å². The molecule has 2 rings (SSSR count). The second kappa shape index (κ2) is 6.95. The summed E-state index contributed by atoms with van der Waals surface area (Å²) in [6.07, 6.45) is 11.2. The average molecular weight is 302 g/mol. The Morgan fingerprint density at radius 3 is 2.91 bits per heavy atom. The molecule has 1 fully saturated rings. The van der Waals surface area contributed by atoms with E-state index in [-0.39, 0.29) is 23.2 Å². The molecule has 0 saturated heterocycles. The van der Waals surface area contributed by atoms with Gasteiger partial charge in [-0.15, -0.1) is 6.58 Å². The quantitative estimate of drug-likeness (QED) is 0.595. The molecule has 122 valence electrons. The van der Waals surface area contributed by atoms with Crippen LogP contribution in [0.2, 0.25) is 0 Å². The van der Waals surface area contributed by atoms with E-state index in [0.29, 0.717) is 5.92 Å². The van der Waals surface area contributed by atoms with Crippen LogP contribution in [0, 0.1) is 17.3 Å². The third-order valence-electron chi connectivity index (χ3n) is 5.64. The van der Waals surface area contributed by atoms with Crippen LogP contribution in [0.5, 0.6) is 0 Å². The van der Waals surface area contributed by atoms with Crippen molar-refractivity contribution in [3.63, 3.8) is 0 Å². The van der Waals surface area contributed by atoms with E-state index in [1.807, 2.05) is 12.2 Å². The minimum Gasteiger partial charge on any atom is -0.392 e. The fourth-order valence-corrected chi connectivity index (χ4v) is 4.45. The number of carbonyl (C=O) groups is 1. The molecule has 2 nitrogen and oxygen atoms in total. The molecule has 0 radical (unpaired) electrons. The zero-order chi connectivity index (χ0) is 16.3. The maximum Gasteiger partial charge on any atom is 0.181 e. The Hall–Kier alpha value is -1.15. The van der Waals surface area contributed by atoms with Gasteiger partial charge in [-0.1, -0.05) is 44.9 Å². The third-order valence-corrected chi connectivity index (χ3v) is 5.64. The van der Waals surface area contributed by atoms with Crippen LogP contribution in [-0.2, 0) is 4.79 Å². The average Bonchev–Trinajstić information content (AvgIpc) is 2.47. The van der Waals surface area contributed by atoms with Crippen LogP contribution >= 0.6 is 0 Å². The largest absolute Gasteiger partial charge is 0.392 e. The predicted octanol–water partition coefficient (Wildman–Crippen LogP) is 4.60. The highest BCUT2D eigenvalue weighted by molar-refractivity contribution is 6.06. The summed E-state index contributed by atoms with van der Waals surface area (Å²) >= 11 is 0. The summed E-state index contributed by atoms with van der Waals surface area (Å²) < 4.78 is 0. The number of hydrogen-bond donors (Lipinski definition) is 1. The van der Waals surface area contributed by atoms with Gasteiger partial charge in [-0.25, -0.2) is 0 Å². The Labute approximate surface area is 135 Å². The Morgan fingerprint density at radius 2 is 2.27 bits per heavy atom. The van der Waals surface area contributed by atoms with Gasteiger partial charge in [0.2, 0.25) is 0 Å². The lowest BCUT2D eigenvalue weighted by atomic mass is 9.55. The van der Waals surface area contributed by atoms with Crippen LogP contribution in [0.1, 0.15) is 59.3 Å². The van der Waals surface area contributed by atoms with Crippen molar-refractivity contribution >= 4 is 5.78 Å². The van der Waals surface area contributed by atoms with E-state index in [2.05, 4.69) is 33.4 Å². The molecule has 0 aromatic heterocycles. The second-order valence-corrected chi connectivity index (χ2v) is 7.08. The van der Waals surface area contributed by atoms with Crippen molar-refractivity contribution in [3.8, 4) is 0 Å². The Morgan fingerprint density at radius 1 is 1.55 bits per heavy atom. The zero-order valence-corrected chi connectivity index (χ0v) is 14.3. The smallest absolute Gasteiger partial charge is 0.181 e. The van der Waals surface area contributed by atoms with Crippen molar-refractivity contribution < 1.29 is 9.90 Å². The van der Waals surface area contributed by atoms with Gasteiger partial charge in [-0.2, -0.15) is 0 Å². The number of fused-ring (bicyclic) bond motifs is 1. The monoisotopic (exact) mass is 302 g/mol. The van der Waals surface area contributed by atoms with Crippen LogP contribution in [0.4, 0.5) is 0 Å². The highest BCUT2D eigenvalue weighted by Gasteiger charge is 2.50. The van der Waals surface area contributed by atoms with Gasteiger partial charge < -0.3 is 5.11 Å². The number of aliphatic hydroxyl groups excluding tert-OH is 1.